The van der Waals surface area contributed by atoms with Crippen molar-refractivity contribution in [1.29, 1.82) is 0 Å². The van der Waals surface area contributed by atoms with Crippen LogP contribution >= 0.6 is 0 Å². The van der Waals surface area contributed by atoms with Crippen molar-refractivity contribution in [3.63, 3.8) is 0 Å². The van der Waals surface area contributed by atoms with E-state index in [4.69, 9.17) is 14.2 Å². The highest BCUT2D eigenvalue weighted by Gasteiger charge is 2.70. The minimum Gasteiger partial charge on any atom is -0.449 e. The van der Waals surface area contributed by atoms with Gasteiger partial charge >= 0.3 is 18.3 Å². The first-order valence-electron chi connectivity index (χ1n) is 23.2. The molecule has 0 spiro atoms. The van der Waals surface area contributed by atoms with E-state index in [0.717, 1.165) is 38.5 Å². The van der Waals surface area contributed by atoms with Gasteiger partial charge in [-0.1, -0.05) is 201 Å². The first-order valence-corrected chi connectivity index (χ1v) is 23.2. The Morgan fingerprint density at radius 1 is 0.389 bits per heavy atom. The summed E-state index contributed by atoms with van der Waals surface area (Å²) in [7, 11) is 0. The lowest BCUT2D eigenvalue weighted by atomic mass is 10.0. The van der Waals surface area contributed by atoms with Crippen LogP contribution in [-0.2, 0) is 14.2 Å². The lowest BCUT2D eigenvalue weighted by molar-refractivity contribution is 0.0795. The summed E-state index contributed by atoms with van der Waals surface area (Å²) in [5.74, 6) is 0. The van der Waals surface area contributed by atoms with Crippen LogP contribution in [0.1, 0.15) is 227 Å². The number of ether oxygens (including phenoxy) is 3. The summed E-state index contributed by atoms with van der Waals surface area (Å²) in [4.78, 5) is 38.3. The molecule has 1 aliphatic carbocycles. The number of nitrogens with one attached hydrogen (secondary N) is 3. The van der Waals surface area contributed by atoms with Crippen LogP contribution in [0.15, 0.2) is 0 Å². The molecule has 0 aromatic carbocycles. The fraction of sp³-hybridized carbons (Fsp3) is 0.933. The van der Waals surface area contributed by atoms with Crippen LogP contribution in [-0.4, -0.2) is 56.7 Å². The summed E-state index contributed by atoms with van der Waals surface area (Å²) in [5, 5.41) is 8.63. The molecular weight excluding hydrogens is 679 g/mol. The maximum Gasteiger partial charge on any atom is 0.407 e. The molecule has 9 nitrogen and oxygen atoms in total. The van der Waals surface area contributed by atoms with Gasteiger partial charge in [-0.05, 0) is 25.7 Å². The van der Waals surface area contributed by atoms with Crippen molar-refractivity contribution in [2.45, 2.75) is 239 Å². The fourth-order valence-corrected chi connectivity index (χ4v) is 7.42. The number of rotatable bonds is 38. The third-order valence-electron chi connectivity index (χ3n) is 11.3. The fourth-order valence-electron chi connectivity index (χ4n) is 7.42. The van der Waals surface area contributed by atoms with Crippen LogP contribution in [0.25, 0.3) is 0 Å². The van der Waals surface area contributed by atoms with Gasteiger partial charge in [0.2, 0.25) is 0 Å². The first kappa shape index (κ1) is 49.8. The van der Waals surface area contributed by atoms with E-state index in [0.29, 0.717) is 26.1 Å². The van der Waals surface area contributed by atoms with E-state index in [9.17, 15) is 14.4 Å². The standard InChI is InChI=1S/C45H87N3O6/c1-5-9-12-15-18-21-24-27-30-33-36-46-42(49)52-39-45(8-4)40(53-43(50)47-37-34-31-28-25-22-19-16-13-10-6-2)41(45)54-44(51)48-38-35-32-29-26-23-20-17-14-11-7-3/h40-41H,5-39H2,1-4H3,(H,46,49)(H,47,50)(H,48,51). The molecule has 9 heteroatoms. The number of hydrogen-bond acceptors (Lipinski definition) is 6. The van der Waals surface area contributed by atoms with Crippen molar-refractivity contribution in [3.8, 4) is 0 Å². The second-order valence-corrected chi connectivity index (χ2v) is 16.1. The van der Waals surface area contributed by atoms with E-state index in [1.54, 1.807) is 0 Å². The van der Waals surface area contributed by atoms with E-state index in [1.807, 2.05) is 6.92 Å². The van der Waals surface area contributed by atoms with Gasteiger partial charge in [0, 0.05) is 19.6 Å². The van der Waals surface area contributed by atoms with E-state index in [2.05, 4.69) is 36.7 Å². The number of unbranched alkanes of at least 4 members (excludes halogenated alkanes) is 27. The van der Waals surface area contributed by atoms with Gasteiger partial charge in [-0.2, -0.15) is 0 Å². The average Bonchev–Trinajstić information content (AvgIpc) is 3.76. The lowest BCUT2D eigenvalue weighted by Gasteiger charge is -2.16. The summed E-state index contributed by atoms with van der Waals surface area (Å²) >= 11 is 0. The van der Waals surface area contributed by atoms with Gasteiger partial charge in [0.25, 0.3) is 0 Å². The molecule has 1 saturated carbocycles. The monoisotopic (exact) mass is 766 g/mol. The summed E-state index contributed by atoms with van der Waals surface area (Å²) in [6.45, 7) is 10.4. The summed E-state index contributed by atoms with van der Waals surface area (Å²) < 4.78 is 17.3. The van der Waals surface area contributed by atoms with Crippen LogP contribution in [0.3, 0.4) is 0 Å². The van der Waals surface area contributed by atoms with Crippen LogP contribution in [0.4, 0.5) is 14.4 Å². The van der Waals surface area contributed by atoms with Crippen LogP contribution in [0.5, 0.6) is 0 Å². The van der Waals surface area contributed by atoms with Gasteiger partial charge in [-0.15, -0.1) is 0 Å². The molecule has 54 heavy (non-hydrogen) atoms. The zero-order valence-electron chi connectivity index (χ0n) is 35.9. The van der Waals surface area contributed by atoms with Crippen molar-refractivity contribution in [3.05, 3.63) is 0 Å². The average molecular weight is 766 g/mol. The molecule has 3 N–H and O–H groups in total. The van der Waals surface area contributed by atoms with Gasteiger partial charge < -0.3 is 30.2 Å². The summed E-state index contributed by atoms with van der Waals surface area (Å²) in [6.07, 6.45) is 34.6. The molecule has 0 saturated heterocycles. The number of alkyl carbamates (subject to hydrolysis) is 3. The predicted octanol–water partition coefficient (Wildman–Crippen LogP) is 13.1. The Labute approximate surface area is 332 Å². The van der Waals surface area contributed by atoms with Gasteiger partial charge in [0.15, 0.2) is 12.2 Å². The Bertz CT molecular complexity index is 857. The highest BCUT2D eigenvalue weighted by molar-refractivity contribution is 5.70. The van der Waals surface area contributed by atoms with Crippen molar-refractivity contribution in [1.82, 2.24) is 16.0 Å². The van der Waals surface area contributed by atoms with Crippen LogP contribution < -0.4 is 16.0 Å². The Morgan fingerprint density at radius 2 is 0.648 bits per heavy atom. The molecule has 2 unspecified atom stereocenters. The van der Waals surface area contributed by atoms with Crippen molar-refractivity contribution in [2.75, 3.05) is 26.2 Å². The summed E-state index contributed by atoms with van der Waals surface area (Å²) in [5.41, 5.74) is -0.766. The highest BCUT2D eigenvalue weighted by atomic mass is 16.6. The third-order valence-corrected chi connectivity index (χ3v) is 11.3. The number of carbonyl (C=O) groups is 3. The van der Waals surface area contributed by atoms with Gasteiger partial charge in [0.05, 0.1) is 5.41 Å². The molecule has 0 aromatic heterocycles. The predicted molar refractivity (Wildman–Crippen MR) is 224 cm³/mol. The van der Waals surface area contributed by atoms with E-state index >= 15 is 0 Å². The number of amides is 3. The molecule has 3 amide bonds. The molecule has 0 aromatic rings. The number of carbonyl (C=O) groups excluding carboxylic acids is 3. The van der Waals surface area contributed by atoms with E-state index in [1.165, 1.54) is 154 Å². The maximum atomic E-state index is 12.8. The Balaban J connectivity index is 2.45. The Hall–Kier alpha value is -2.19. The van der Waals surface area contributed by atoms with Crippen molar-refractivity contribution < 1.29 is 28.6 Å². The normalized spacial score (nSPS) is 17.6. The molecule has 0 aliphatic heterocycles. The summed E-state index contributed by atoms with van der Waals surface area (Å²) in [6, 6.07) is 0. The van der Waals surface area contributed by atoms with Gasteiger partial charge in [0.1, 0.15) is 6.61 Å². The SMILES string of the molecule is CCCCCCCCCCCCNC(=O)OCC1(CC)C(OC(=O)NCCCCCCCCCCCC)C1OC(=O)NCCCCCCCCCCCC. The minimum atomic E-state index is -0.766. The largest absolute Gasteiger partial charge is 0.449 e. The number of hydrogen-bond donors (Lipinski definition) is 3. The van der Waals surface area contributed by atoms with Gasteiger partial charge in [-0.3, -0.25) is 0 Å². The molecule has 318 valence electrons. The second-order valence-electron chi connectivity index (χ2n) is 16.1. The molecule has 0 bridgehead atoms. The molecule has 1 aliphatic rings. The molecule has 1 rings (SSSR count). The topological polar surface area (TPSA) is 115 Å². The van der Waals surface area contributed by atoms with Crippen LogP contribution in [0.2, 0.25) is 0 Å². The molecular formula is C45H87N3O6. The molecule has 0 heterocycles. The Morgan fingerprint density at radius 3 is 0.926 bits per heavy atom. The smallest absolute Gasteiger partial charge is 0.407 e. The molecule has 1 fully saturated rings. The first-order chi connectivity index (χ1) is 26.4. The van der Waals surface area contributed by atoms with Crippen LogP contribution in [0, 0.1) is 5.41 Å². The van der Waals surface area contributed by atoms with E-state index in [-0.39, 0.29) is 6.61 Å². The molecule has 2 atom stereocenters. The maximum absolute atomic E-state index is 12.8. The van der Waals surface area contributed by atoms with Crippen molar-refractivity contribution >= 4 is 18.3 Å². The zero-order chi connectivity index (χ0) is 39.4. The third kappa shape index (κ3) is 25.8. The van der Waals surface area contributed by atoms with Crippen molar-refractivity contribution in [2.24, 2.45) is 5.41 Å². The highest BCUT2D eigenvalue weighted by Crippen LogP contribution is 2.54. The molecule has 0 radical (unpaired) electrons. The minimum absolute atomic E-state index is 0.0140. The second kappa shape index (κ2) is 35.2. The lowest BCUT2D eigenvalue weighted by Crippen LogP contribution is -2.31. The quantitative estimate of drug-likeness (QED) is 0.0426. The Kier molecular flexibility index (Phi) is 32.5. The van der Waals surface area contributed by atoms with Gasteiger partial charge in [-0.25, -0.2) is 14.4 Å². The van der Waals surface area contributed by atoms with E-state index < -0.39 is 35.9 Å². The zero-order valence-corrected chi connectivity index (χ0v) is 35.9.